The van der Waals surface area contributed by atoms with E-state index in [0.29, 0.717) is 6.54 Å². The van der Waals surface area contributed by atoms with Crippen LogP contribution in [0, 0.1) is 0 Å². The number of Topliss-reactive ketones (excluding diaryl/α,β-unsaturated/α-hetero) is 1. The Bertz CT molecular complexity index is 418. The van der Waals surface area contributed by atoms with Gasteiger partial charge in [0.05, 0.1) is 19.8 Å². The van der Waals surface area contributed by atoms with Crippen molar-refractivity contribution in [3.63, 3.8) is 0 Å². The van der Waals surface area contributed by atoms with Gasteiger partial charge in [0.1, 0.15) is 23.7 Å². The maximum Gasteiger partial charge on any atom is 0.149 e. The molecule has 0 bridgehead atoms. The fourth-order valence-corrected chi connectivity index (χ4v) is 1.93. The molecule has 0 aliphatic carbocycles. The molecular formula is C12H18N4O2. The third-order valence-corrected chi connectivity index (χ3v) is 2.82. The summed E-state index contributed by atoms with van der Waals surface area (Å²) in [6, 6.07) is 1.91. The first-order chi connectivity index (χ1) is 8.66. The first kappa shape index (κ1) is 12.8. The van der Waals surface area contributed by atoms with Crippen LogP contribution in [0.25, 0.3) is 0 Å². The summed E-state index contributed by atoms with van der Waals surface area (Å²) in [5, 5.41) is 0. The Hall–Kier alpha value is -1.69. The Morgan fingerprint density at radius 1 is 1.44 bits per heavy atom. The Kier molecular flexibility index (Phi) is 4.09. The van der Waals surface area contributed by atoms with Gasteiger partial charge in [-0.25, -0.2) is 9.97 Å². The topological polar surface area (TPSA) is 58.6 Å². The second-order valence-electron chi connectivity index (χ2n) is 4.39. The predicted molar refractivity (Wildman–Crippen MR) is 69.0 cm³/mol. The van der Waals surface area contributed by atoms with Gasteiger partial charge in [-0.15, -0.1) is 0 Å². The fraction of sp³-hybridized carbons (Fsp3) is 0.583. The van der Waals surface area contributed by atoms with Gasteiger partial charge in [0, 0.05) is 26.2 Å². The molecule has 1 fully saturated rings. The molecule has 0 atom stereocenters. The molecule has 0 spiro atoms. The van der Waals surface area contributed by atoms with Crippen LogP contribution in [0.1, 0.15) is 6.92 Å². The fourth-order valence-electron chi connectivity index (χ4n) is 1.93. The standard InChI is InChI=1S/C12H18N4O2/c1-10(17)8-15(2)11-7-12(14-9-13-11)16-3-5-18-6-4-16/h7,9H,3-6,8H2,1-2H3. The van der Waals surface area contributed by atoms with Gasteiger partial charge in [0.15, 0.2) is 0 Å². The van der Waals surface area contributed by atoms with Crippen LogP contribution in [0.5, 0.6) is 0 Å². The number of carbonyl (C=O) groups excluding carboxylic acids is 1. The number of hydrogen-bond donors (Lipinski definition) is 0. The van der Waals surface area contributed by atoms with Crippen LogP contribution in [0.15, 0.2) is 12.4 Å². The molecule has 2 rings (SSSR count). The van der Waals surface area contributed by atoms with Crippen LogP contribution in [-0.2, 0) is 9.53 Å². The maximum atomic E-state index is 11.1. The van der Waals surface area contributed by atoms with Gasteiger partial charge >= 0.3 is 0 Å². The first-order valence-corrected chi connectivity index (χ1v) is 6.02. The normalized spacial score (nSPS) is 15.6. The number of rotatable bonds is 4. The van der Waals surface area contributed by atoms with Gasteiger partial charge < -0.3 is 14.5 Å². The van der Waals surface area contributed by atoms with Crippen molar-refractivity contribution in [2.45, 2.75) is 6.92 Å². The summed E-state index contributed by atoms with van der Waals surface area (Å²) < 4.78 is 5.31. The minimum Gasteiger partial charge on any atom is -0.378 e. The molecule has 2 heterocycles. The zero-order valence-electron chi connectivity index (χ0n) is 10.8. The van der Waals surface area contributed by atoms with Crippen molar-refractivity contribution in [3.05, 3.63) is 12.4 Å². The molecule has 0 amide bonds. The van der Waals surface area contributed by atoms with Gasteiger partial charge in [-0.05, 0) is 6.92 Å². The second kappa shape index (κ2) is 5.77. The van der Waals surface area contributed by atoms with Crippen molar-refractivity contribution >= 4 is 17.4 Å². The van der Waals surface area contributed by atoms with Crippen molar-refractivity contribution in [2.75, 3.05) is 49.7 Å². The van der Waals surface area contributed by atoms with Gasteiger partial charge in [0.2, 0.25) is 0 Å². The molecule has 1 aromatic heterocycles. The van der Waals surface area contributed by atoms with Gasteiger partial charge in [-0.1, -0.05) is 0 Å². The van der Waals surface area contributed by atoms with Crippen LogP contribution < -0.4 is 9.80 Å². The monoisotopic (exact) mass is 250 g/mol. The number of nitrogens with zero attached hydrogens (tertiary/aromatic N) is 4. The molecule has 0 saturated carbocycles. The van der Waals surface area contributed by atoms with Crippen LogP contribution in [0.4, 0.5) is 11.6 Å². The highest BCUT2D eigenvalue weighted by Crippen LogP contribution is 2.17. The number of ether oxygens (including phenoxy) is 1. The summed E-state index contributed by atoms with van der Waals surface area (Å²) in [6.45, 7) is 5.06. The number of likely N-dealkylation sites (N-methyl/N-ethyl adjacent to an activating group) is 1. The third kappa shape index (κ3) is 3.16. The van der Waals surface area contributed by atoms with Gasteiger partial charge in [0.25, 0.3) is 0 Å². The van der Waals surface area contributed by atoms with Crippen molar-refractivity contribution in [3.8, 4) is 0 Å². The second-order valence-corrected chi connectivity index (χ2v) is 4.39. The van der Waals surface area contributed by atoms with Crippen LogP contribution in [-0.4, -0.2) is 55.6 Å². The van der Waals surface area contributed by atoms with Crippen molar-refractivity contribution in [1.82, 2.24) is 9.97 Å². The summed E-state index contributed by atoms with van der Waals surface area (Å²) in [5.74, 6) is 1.77. The third-order valence-electron chi connectivity index (χ3n) is 2.82. The lowest BCUT2D eigenvalue weighted by Crippen LogP contribution is -2.37. The molecule has 0 N–H and O–H groups in total. The highest BCUT2D eigenvalue weighted by Gasteiger charge is 2.14. The van der Waals surface area contributed by atoms with E-state index in [9.17, 15) is 4.79 Å². The zero-order chi connectivity index (χ0) is 13.0. The molecule has 1 aliphatic heterocycles. The van der Waals surface area contributed by atoms with E-state index in [-0.39, 0.29) is 5.78 Å². The number of ketones is 1. The van der Waals surface area contributed by atoms with E-state index in [1.54, 1.807) is 6.92 Å². The quantitative estimate of drug-likeness (QED) is 0.768. The van der Waals surface area contributed by atoms with Gasteiger partial charge in [-0.2, -0.15) is 0 Å². The molecule has 6 heteroatoms. The summed E-state index contributed by atoms with van der Waals surface area (Å²) in [4.78, 5) is 23.6. The molecule has 0 aromatic carbocycles. The number of morpholine rings is 1. The smallest absolute Gasteiger partial charge is 0.149 e. The van der Waals surface area contributed by atoms with E-state index in [1.165, 1.54) is 6.33 Å². The highest BCUT2D eigenvalue weighted by molar-refractivity contribution is 5.80. The highest BCUT2D eigenvalue weighted by atomic mass is 16.5. The van der Waals surface area contributed by atoms with Crippen LogP contribution >= 0.6 is 0 Å². The van der Waals surface area contributed by atoms with Crippen molar-refractivity contribution in [1.29, 1.82) is 0 Å². The molecular weight excluding hydrogens is 232 g/mol. The minimum absolute atomic E-state index is 0.115. The lowest BCUT2D eigenvalue weighted by Gasteiger charge is -2.28. The Labute approximate surface area is 107 Å². The molecule has 1 saturated heterocycles. The minimum atomic E-state index is 0.115. The molecule has 6 nitrogen and oxygen atoms in total. The zero-order valence-corrected chi connectivity index (χ0v) is 10.8. The number of hydrogen-bond acceptors (Lipinski definition) is 6. The van der Waals surface area contributed by atoms with Crippen LogP contribution in [0.2, 0.25) is 0 Å². The molecule has 98 valence electrons. The summed E-state index contributed by atoms with van der Waals surface area (Å²) in [5.41, 5.74) is 0. The first-order valence-electron chi connectivity index (χ1n) is 6.02. The summed E-state index contributed by atoms with van der Waals surface area (Å²) in [7, 11) is 1.85. The van der Waals surface area contributed by atoms with E-state index in [4.69, 9.17) is 4.74 Å². The Balaban J connectivity index is 2.11. The van der Waals surface area contributed by atoms with Crippen molar-refractivity contribution < 1.29 is 9.53 Å². The van der Waals surface area contributed by atoms with E-state index in [1.807, 2.05) is 18.0 Å². The van der Waals surface area contributed by atoms with E-state index >= 15 is 0 Å². The number of carbonyl (C=O) groups is 1. The molecule has 1 aromatic rings. The van der Waals surface area contributed by atoms with E-state index in [2.05, 4.69) is 14.9 Å². The summed E-state index contributed by atoms with van der Waals surface area (Å²) >= 11 is 0. The molecule has 0 radical (unpaired) electrons. The Morgan fingerprint density at radius 2 is 2.17 bits per heavy atom. The van der Waals surface area contributed by atoms with Gasteiger partial charge in [-0.3, -0.25) is 4.79 Å². The average molecular weight is 250 g/mol. The molecule has 0 unspecified atom stereocenters. The SMILES string of the molecule is CC(=O)CN(C)c1cc(N2CCOCC2)ncn1. The Morgan fingerprint density at radius 3 is 2.83 bits per heavy atom. The number of anilines is 2. The maximum absolute atomic E-state index is 11.1. The predicted octanol–water partition coefficient (Wildman–Crippen LogP) is 0.338. The van der Waals surface area contributed by atoms with E-state index in [0.717, 1.165) is 37.9 Å². The largest absolute Gasteiger partial charge is 0.378 e. The molecule has 1 aliphatic rings. The lowest BCUT2D eigenvalue weighted by molar-refractivity contribution is -0.115. The van der Waals surface area contributed by atoms with E-state index < -0.39 is 0 Å². The number of aromatic nitrogens is 2. The van der Waals surface area contributed by atoms with Crippen molar-refractivity contribution in [2.24, 2.45) is 0 Å². The lowest BCUT2D eigenvalue weighted by atomic mass is 10.3. The summed E-state index contributed by atoms with van der Waals surface area (Å²) in [6.07, 6.45) is 1.54. The molecule has 18 heavy (non-hydrogen) atoms. The average Bonchev–Trinajstić information content (AvgIpc) is 2.39. The van der Waals surface area contributed by atoms with Crippen LogP contribution in [0.3, 0.4) is 0 Å².